The van der Waals surface area contributed by atoms with Crippen molar-refractivity contribution in [3.8, 4) is 5.75 Å². The Labute approximate surface area is 231 Å². The fraction of sp³-hybridized carbons (Fsp3) is 0.333. The number of carbonyl (C=O) groups excluding carboxylic acids is 2. The number of hydrogen-bond donors (Lipinski definition) is 1. The van der Waals surface area contributed by atoms with E-state index in [9.17, 15) is 18.0 Å². The number of carbonyl (C=O) groups is 2. The van der Waals surface area contributed by atoms with E-state index in [0.717, 1.165) is 27.4 Å². The van der Waals surface area contributed by atoms with Crippen molar-refractivity contribution in [2.75, 3.05) is 24.5 Å². The lowest BCUT2D eigenvalue weighted by molar-refractivity contribution is -0.139. The number of methoxy groups -OCH3 is 1. The van der Waals surface area contributed by atoms with E-state index in [1.54, 1.807) is 50.4 Å². The number of nitrogens with zero attached hydrogens (tertiary/aromatic N) is 2. The highest BCUT2D eigenvalue weighted by molar-refractivity contribution is 7.92. The van der Waals surface area contributed by atoms with Crippen LogP contribution in [0.4, 0.5) is 5.69 Å². The minimum absolute atomic E-state index is 0.0771. The van der Waals surface area contributed by atoms with Gasteiger partial charge in [-0.15, -0.1) is 0 Å². The first-order valence-electron chi connectivity index (χ1n) is 12.9. The highest BCUT2D eigenvalue weighted by Gasteiger charge is 2.33. The molecule has 1 atom stereocenters. The summed E-state index contributed by atoms with van der Waals surface area (Å²) < 4.78 is 34.1. The normalized spacial score (nSPS) is 11.9. The second-order valence-corrected chi connectivity index (χ2v) is 11.3. The van der Waals surface area contributed by atoms with Crippen LogP contribution in [0.15, 0.2) is 77.7 Å². The fourth-order valence-electron chi connectivity index (χ4n) is 4.22. The van der Waals surface area contributed by atoms with Crippen LogP contribution in [0.25, 0.3) is 0 Å². The van der Waals surface area contributed by atoms with E-state index in [4.69, 9.17) is 4.74 Å². The summed E-state index contributed by atoms with van der Waals surface area (Å²) in [6, 6.07) is 19.8. The molecule has 2 amide bonds. The second kappa shape index (κ2) is 13.3. The SMILES string of the molecule is CCCNC(=O)[C@@H](C)N(Cc1ccc(OC)cc1)C(=O)CN(c1ccc(C)cc1C)S(=O)(=O)c1ccccc1. The van der Waals surface area contributed by atoms with Crippen molar-refractivity contribution in [1.82, 2.24) is 10.2 Å². The zero-order valence-electron chi connectivity index (χ0n) is 23.2. The highest BCUT2D eigenvalue weighted by Crippen LogP contribution is 2.28. The molecule has 0 aliphatic carbocycles. The first kappa shape index (κ1) is 29.7. The topological polar surface area (TPSA) is 96.0 Å². The largest absolute Gasteiger partial charge is 0.497 e. The summed E-state index contributed by atoms with van der Waals surface area (Å²) in [4.78, 5) is 28.4. The summed E-state index contributed by atoms with van der Waals surface area (Å²) in [5.41, 5.74) is 2.88. The monoisotopic (exact) mass is 551 g/mol. The van der Waals surface area contributed by atoms with Gasteiger partial charge in [-0.2, -0.15) is 0 Å². The molecule has 0 aliphatic rings. The van der Waals surface area contributed by atoms with Crippen LogP contribution in [0.3, 0.4) is 0 Å². The quantitative estimate of drug-likeness (QED) is 0.359. The van der Waals surface area contributed by atoms with Gasteiger partial charge in [-0.1, -0.05) is 55.0 Å². The molecular weight excluding hydrogens is 514 g/mol. The van der Waals surface area contributed by atoms with E-state index in [-0.39, 0.29) is 17.3 Å². The van der Waals surface area contributed by atoms with Gasteiger partial charge in [0.2, 0.25) is 11.8 Å². The molecule has 0 saturated carbocycles. The third-order valence-corrected chi connectivity index (χ3v) is 8.23. The molecule has 0 heterocycles. The molecule has 3 aromatic rings. The van der Waals surface area contributed by atoms with Gasteiger partial charge in [-0.3, -0.25) is 13.9 Å². The molecule has 3 rings (SSSR count). The van der Waals surface area contributed by atoms with Gasteiger partial charge in [-0.25, -0.2) is 8.42 Å². The Kier molecular flexibility index (Phi) is 10.1. The number of amides is 2. The van der Waals surface area contributed by atoms with Gasteiger partial charge >= 0.3 is 0 Å². The Morgan fingerprint density at radius 1 is 0.974 bits per heavy atom. The van der Waals surface area contributed by atoms with E-state index in [0.29, 0.717) is 18.0 Å². The average Bonchev–Trinajstić information content (AvgIpc) is 2.94. The Bertz CT molecular complexity index is 1380. The van der Waals surface area contributed by atoms with Gasteiger partial charge < -0.3 is 15.0 Å². The third kappa shape index (κ3) is 7.38. The number of nitrogens with one attached hydrogen (secondary N) is 1. The first-order valence-corrected chi connectivity index (χ1v) is 14.4. The molecule has 0 saturated heterocycles. The van der Waals surface area contributed by atoms with Crippen LogP contribution < -0.4 is 14.4 Å². The smallest absolute Gasteiger partial charge is 0.264 e. The van der Waals surface area contributed by atoms with Crippen molar-refractivity contribution < 1.29 is 22.7 Å². The maximum absolute atomic E-state index is 13.9. The summed E-state index contributed by atoms with van der Waals surface area (Å²) >= 11 is 0. The van der Waals surface area contributed by atoms with Crippen molar-refractivity contribution in [3.05, 3.63) is 89.5 Å². The number of sulfonamides is 1. The molecule has 208 valence electrons. The summed E-state index contributed by atoms with van der Waals surface area (Å²) in [7, 11) is -2.52. The first-order chi connectivity index (χ1) is 18.6. The minimum Gasteiger partial charge on any atom is -0.497 e. The van der Waals surface area contributed by atoms with E-state index < -0.39 is 28.5 Å². The predicted molar refractivity (Wildman–Crippen MR) is 153 cm³/mol. The minimum atomic E-state index is -4.09. The van der Waals surface area contributed by atoms with Gasteiger partial charge in [0.25, 0.3) is 10.0 Å². The number of rotatable bonds is 12. The fourth-order valence-corrected chi connectivity index (χ4v) is 5.72. The van der Waals surface area contributed by atoms with Gasteiger partial charge in [0.1, 0.15) is 18.3 Å². The second-order valence-electron chi connectivity index (χ2n) is 9.45. The van der Waals surface area contributed by atoms with Crippen LogP contribution >= 0.6 is 0 Å². The Morgan fingerprint density at radius 2 is 1.64 bits per heavy atom. The van der Waals surface area contributed by atoms with Crippen LogP contribution in [0.5, 0.6) is 5.75 Å². The van der Waals surface area contributed by atoms with Crippen LogP contribution in [-0.2, 0) is 26.2 Å². The maximum Gasteiger partial charge on any atom is 0.264 e. The van der Waals surface area contributed by atoms with Crippen LogP contribution in [0.2, 0.25) is 0 Å². The molecule has 0 fully saturated rings. The molecule has 0 radical (unpaired) electrons. The molecule has 3 aromatic carbocycles. The molecule has 0 aromatic heterocycles. The highest BCUT2D eigenvalue weighted by atomic mass is 32.2. The molecule has 8 nitrogen and oxygen atoms in total. The summed E-state index contributed by atoms with van der Waals surface area (Å²) in [5.74, 6) is -0.132. The van der Waals surface area contributed by atoms with Crippen molar-refractivity contribution >= 4 is 27.5 Å². The molecule has 39 heavy (non-hydrogen) atoms. The number of ether oxygens (including phenoxy) is 1. The lowest BCUT2D eigenvalue weighted by Crippen LogP contribution is -2.51. The predicted octanol–water partition coefficient (Wildman–Crippen LogP) is 4.45. The van der Waals surface area contributed by atoms with Crippen LogP contribution in [0.1, 0.15) is 37.0 Å². The Balaban J connectivity index is 2.03. The van der Waals surface area contributed by atoms with Gasteiger partial charge in [0.15, 0.2) is 0 Å². The van der Waals surface area contributed by atoms with Crippen LogP contribution in [-0.4, -0.2) is 51.4 Å². The molecule has 1 N–H and O–H groups in total. The maximum atomic E-state index is 13.9. The number of anilines is 1. The summed E-state index contributed by atoms with van der Waals surface area (Å²) in [6.07, 6.45) is 0.751. The lowest BCUT2D eigenvalue weighted by atomic mass is 10.1. The number of hydrogen-bond acceptors (Lipinski definition) is 5. The van der Waals surface area contributed by atoms with Crippen molar-refractivity contribution in [1.29, 1.82) is 0 Å². The molecule has 0 spiro atoms. The molecular formula is C30H37N3O5S. The van der Waals surface area contributed by atoms with Crippen molar-refractivity contribution in [2.24, 2.45) is 0 Å². The number of aryl methyl sites for hydroxylation is 2. The zero-order chi connectivity index (χ0) is 28.6. The molecule has 0 unspecified atom stereocenters. The zero-order valence-corrected chi connectivity index (χ0v) is 24.0. The standard InChI is InChI=1S/C30H37N3O5S/c1-6-18-31-30(35)24(4)32(20-25-13-15-26(38-5)16-14-25)29(34)21-33(28-17-12-22(2)19-23(28)3)39(36,37)27-10-8-7-9-11-27/h7-17,19,24H,6,18,20-21H2,1-5H3,(H,31,35)/t24-/m1/s1. The molecule has 9 heteroatoms. The van der Waals surface area contributed by atoms with Gasteiger partial charge in [0.05, 0.1) is 17.7 Å². The third-order valence-electron chi connectivity index (χ3n) is 6.46. The van der Waals surface area contributed by atoms with Gasteiger partial charge in [-0.05, 0) is 68.7 Å². The Morgan fingerprint density at radius 3 is 2.23 bits per heavy atom. The summed E-state index contributed by atoms with van der Waals surface area (Å²) in [5, 5.41) is 2.84. The van der Waals surface area contributed by atoms with Crippen molar-refractivity contribution in [3.63, 3.8) is 0 Å². The van der Waals surface area contributed by atoms with E-state index in [1.165, 1.54) is 17.0 Å². The summed E-state index contributed by atoms with van der Waals surface area (Å²) in [6.45, 7) is 7.46. The van der Waals surface area contributed by atoms with Crippen molar-refractivity contribution in [2.45, 2.75) is 51.6 Å². The molecule has 0 bridgehead atoms. The number of benzene rings is 3. The van der Waals surface area contributed by atoms with Gasteiger partial charge in [0, 0.05) is 13.1 Å². The van der Waals surface area contributed by atoms with E-state index >= 15 is 0 Å². The lowest BCUT2D eigenvalue weighted by Gasteiger charge is -2.32. The van der Waals surface area contributed by atoms with E-state index in [2.05, 4.69) is 5.32 Å². The average molecular weight is 552 g/mol. The Hall–Kier alpha value is -3.85. The van der Waals surface area contributed by atoms with E-state index in [1.807, 2.05) is 45.0 Å². The van der Waals surface area contributed by atoms with Crippen LogP contribution in [0, 0.1) is 13.8 Å². The molecule has 0 aliphatic heterocycles.